The number of rotatable bonds is 7. The van der Waals surface area contributed by atoms with E-state index in [1.807, 2.05) is 13.8 Å². The molecule has 114 valence electrons. The van der Waals surface area contributed by atoms with Crippen LogP contribution in [0.4, 0.5) is 0 Å². The monoisotopic (exact) mass is 283 g/mol. The first-order valence-corrected chi connectivity index (χ1v) is 6.98. The number of aromatic nitrogens is 2. The SMILES string of the molecule is CCC(CC)(CO)CNCc1cn(C)c(=O)n(C)c1=O. The smallest absolute Gasteiger partial charge is 0.330 e. The van der Waals surface area contributed by atoms with Crippen molar-refractivity contribution in [2.75, 3.05) is 13.2 Å². The third-order valence-corrected chi connectivity index (χ3v) is 4.17. The Morgan fingerprint density at radius 2 is 1.85 bits per heavy atom. The van der Waals surface area contributed by atoms with Gasteiger partial charge in [-0.2, -0.15) is 0 Å². The third-order valence-electron chi connectivity index (χ3n) is 4.17. The molecule has 0 radical (unpaired) electrons. The molecule has 0 amide bonds. The molecule has 2 N–H and O–H groups in total. The van der Waals surface area contributed by atoms with Gasteiger partial charge in [0.05, 0.1) is 0 Å². The second-order valence-electron chi connectivity index (χ2n) is 5.38. The first-order valence-electron chi connectivity index (χ1n) is 6.98. The van der Waals surface area contributed by atoms with Crippen molar-refractivity contribution < 1.29 is 5.11 Å². The minimum atomic E-state index is -0.328. The highest BCUT2D eigenvalue weighted by Crippen LogP contribution is 2.24. The van der Waals surface area contributed by atoms with Crippen molar-refractivity contribution in [3.63, 3.8) is 0 Å². The van der Waals surface area contributed by atoms with E-state index in [1.54, 1.807) is 13.2 Å². The Morgan fingerprint density at radius 3 is 2.35 bits per heavy atom. The Bertz CT molecular complexity index is 547. The molecule has 1 aromatic rings. The van der Waals surface area contributed by atoms with Crippen LogP contribution in [-0.4, -0.2) is 27.4 Å². The highest BCUT2D eigenvalue weighted by molar-refractivity contribution is 5.05. The van der Waals surface area contributed by atoms with Gasteiger partial charge in [0, 0.05) is 51.0 Å². The van der Waals surface area contributed by atoms with E-state index < -0.39 is 0 Å². The average Bonchev–Trinajstić information content (AvgIpc) is 2.47. The van der Waals surface area contributed by atoms with Crippen LogP contribution < -0.4 is 16.6 Å². The van der Waals surface area contributed by atoms with Gasteiger partial charge < -0.3 is 15.0 Å². The number of hydrogen-bond acceptors (Lipinski definition) is 4. The molecule has 0 aliphatic carbocycles. The molecule has 0 atom stereocenters. The summed E-state index contributed by atoms with van der Waals surface area (Å²) >= 11 is 0. The second-order valence-corrected chi connectivity index (χ2v) is 5.38. The van der Waals surface area contributed by atoms with Crippen molar-refractivity contribution >= 4 is 0 Å². The molecule has 0 aromatic carbocycles. The van der Waals surface area contributed by atoms with E-state index in [4.69, 9.17) is 0 Å². The fraction of sp³-hybridized carbons (Fsp3) is 0.714. The van der Waals surface area contributed by atoms with Gasteiger partial charge >= 0.3 is 5.69 Å². The summed E-state index contributed by atoms with van der Waals surface area (Å²) in [5, 5.41) is 12.7. The molecule has 0 aliphatic heterocycles. The Morgan fingerprint density at radius 1 is 1.25 bits per heavy atom. The Labute approximate surface area is 119 Å². The largest absolute Gasteiger partial charge is 0.396 e. The van der Waals surface area contributed by atoms with Crippen molar-refractivity contribution in [3.05, 3.63) is 32.6 Å². The Hall–Kier alpha value is -1.40. The van der Waals surface area contributed by atoms with E-state index in [-0.39, 0.29) is 23.3 Å². The zero-order chi connectivity index (χ0) is 15.3. The van der Waals surface area contributed by atoms with E-state index in [1.165, 1.54) is 11.6 Å². The zero-order valence-electron chi connectivity index (χ0n) is 12.8. The molecule has 1 heterocycles. The van der Waals surface area contributed by atoms with Crippen LogP contribution >= 0.6 is 0 Å². The predicted octanol–water partition coefficient (Wildman–Crippen LogP) is -0.0277. The molecule has 0 aliphatic rings. The van der Waals surface area contributed by atoms with Crippen molar-refractivity contribution in [3.8, 4) is 0 Å². The maximum absolute atomic E-state index is 12.0. The minimum Gasteiger partial charge on any atom is -0.396 e. The van der Waals surface area contributed by atoms with Gasteiger partial charge in [-0.1, -0.05) is 13.8 Å². The lowest BCUT2D eigenvalue weighted by molar-refractivity contribution is 0.113. The summed E-state index contributed by atoms with van der Waals surface area (Å²) in [5.74, 6) is 0. The quantitative estimate of drug-likeness (QED) is 0.737. The minimum absolute atomic E-state index is 0.123. The third kappa shape index (κ3) is 3.37. The number of aliphatic hydroxyl groups excluding tert-OH is 1. The number of aryl methyl sites for hydroxylation is 1. The number of nitrogens with one attached hydrogen (secondary N) is 1. The Kier molecular flexibility index (Phi) is 5.71. The van der Waals surface area contributed by atoms with E-state index in [0.29, 0.717) is 18.7 Å². The lowest BCUT2D eigenvalue weighted by atomic mass is 9.83. The summed E-state index contributed by atoms with van der Waals surface area (Å²) in [4.78, 5) is 23.6. The van der Waals surface area contributed by atoms with Gasteiger partial charge in [0.2, 0.25) is 0 Å². The van der Waals surface area contributed by atoms with Crippen LogP contribution in [0.15, 0.2) is 15.8 Å². The fourth-order valence-corrected chi connectivity index (χ4v) is 2.25. The number of nitrogens with zero attached hydrogens (tertiary/aromatic N) is 2. The van der Waals surface area contributed by atoms with Crippen molar-refractivity contribution in [2.45, 2.75) is 33.2 Å². The first kappa shape index (κ1) is 16.7. The van der Waals surface area contributed by atoms with Gasteiger partial charge in [-0.15, -0.1) is 0 Å². The maximum Gasteiger partial charge on any atom is 0.330 e. The normalized spacial score (nSPS) is 11.8. The average molecular weight is 283 g/mol. The van der Waals surface area contributed by atoms with Gasteiger partial charge in [0.1, 0.15) is 0 Å². The summed E-state index contributed by atoms with van der Waals surface area (Å²) in [5.41, 5.74) is -0.200. The molecule has 6 nitrogen and oxygen atoms in total. The summed E-state index contributed by atoms with van der Waals surface area (Å²) in [7, 11) is 3.10. The van der Waals surface area contributed by atoms with Crippen LogP contribution in [0.3, 0.4) is 0 Å². The lowest BCUT2D eigenvalue weighted by Gasteiger charge is -2.29. The standard InChI is InChI=1S/C14H25N3O3/c1-5-14(6-2,10-18)9-15-7-11-8-16(3)13(20)17(4)12(11)19/h8,15,18H,5-7,9-10H2,1-4H3. The molecular weight excluding hydrogens is 258 g/mol. The maximum atomic E-state index is 12.0. The van der Waals surface area contributed by atoms with Gasteiger partial charge in [0.25, 0.3) is 5.56 Å². The van der Waals surface area contributed by atoms with Crippen LogP contribution in [0, 0.1) is 5.41 Å². The van der Waals surface area contributed by atoms with E-state index in [9.17, 15) is 14.7 Å². The van der Waals surface area contributed by atoms with Gasteiger partial charge in [-0.3, -0.25) is 9.36 Å². The molecule has 6 heteroatoms. The number of aliphatic hydroxyl groups is 1. The number of hydrogen-bond donors (Lipinski definition) is 2. The molecule has 1 rings (SSSR count). The van der Waals surface area contributed by atoms with Crippen LogP contribution in [0.2, 0.25) is 0 Å². The molecular formula is C14H25N3O3. The van der Waals surface area contributed by atoms with E-state index in [0.717, 1.165) is 17.4 Å². The molecule has 20 heavy (non-hydrogen) atoms. The van der Waals surface area contributed by atoms with Crippen molar-refractivity contribution in [2.24, 2.45) is 19.5 Å². The highest BCUT2D eigenvalue weighted by atomic mass is 16.3. The molecule has 0 spiro atoms. The summed E-state index contributed by atoms with van der Waals surface area (Å²) < 4.78 is 2.51. The summed E-state index contributed by atoms with van der Waals surface area (Å²) in [6.07, 6.45) is 3.31. The molecule has 0 fully saturated rings. The lowest BCUT2D eigenvalue weighted by Crippen LogP contribution is -2.41. The topological polar surface area (TPSA) is 76.3 Å². The second kappa shape index (κ2) is 6.85. The molecule has 0 saturated heterocycles. The van der Waals surface area contributed by atoms with Gasteiger partial charge in [-0.05, 0) is 12.8 Å². The van der Waals surface area contributed by atoms with Crippen molar-refractivity contribution in [1.29, 1.82) is 0 Å². The van der Waals surface area contributed by atoms with Crippen LogP contribution in [0.5, 0.6) is 0 Å². The van der Waals surface area contributed by atoms with Crippen molar-refractivity contribution in [1.82, 2.24) is 14.5 Å². The zero-order valence-corrected chi connectivity index (χ0v) is 12.8. The van der Waals surface area contributed by atoms with E-state index >= 15 is 0 Å². The molecule has 0 bridgehead atoms. The van der Waals surface area contributed by atoms with E-state index in [2.05, 4.69) is 5.32 Å². The predicted molar refractivity (Wildman–Crippen MR) is 78.7 cm³/mol. The first-order chi connectivity index (χ1) is 9.40. The van der Waals surface area contributed by atoms with Gasteiger partial charge in [0.15, 0.2) is 0 Å². The fourth-order valence-electron chi connectivity index (χ4n) is 2.25. The van der Waals surface area contributed by atoms with Crippen LogP contribution in [-0.2, 0) is 20.6 Å². The summed E-state index contributed by atoms with van der Waals surface area (Å²) in [6, 6.07) is 0. The summed E-state index contributed by atoms with van der Waals surface area (Å²) in [6.45, 7) is 5.25. The molecule has 0 saturated carbocycles. The molecule has 0 unspecified atom stereocenters. The molecule has 1 aromatic heterocycles. The Balaban J connectivity index is 2.82. The van der Waals surface area contributed by atoms with Crippen LogP contribution in [0.25, 0.3) is 0 Å². The van der Waals surface area contributed by atoms with Crippen LogP contribution in [0.1, 0.15) is 32.3 Å². The highest BCUT2D eigenvalue weighted by Gasteiger charge is 2.24. The van der Waals surface area contributed by atoms with Gasteiger partial charge in [-0.25, -0.2) is 4.79 Å².